The van der Waals surface area contributed by atoms with Crippen molar-refractivity contribution in [3.63, 3.8) is 0 Å². The summed E-state index contributed by atoms with van der Waals surface area (Å²) in [5.74, 6) is 0.227. The number of amides is 1. The third-order valence-electron chi connectivity index (χ3n) is 6.79. The van der Waals surface area contributed by atoms with Crippen molar-refractivity contribution in [3.05, 3.63) is 70.2 Å². The Kier molecular flexibility index (Phi) is 8.53. The van der Waals surface area contributed by atoms with E-state index in [1.54, 1.807) is 23.5 Å². The van der Waals surface area contributed by atoms with Gasteiger partial charge in [0.05, 0.1) is 26.2 Å². The first-order chi connectivity index (χ1) is 15.0. The van der Waals surface area contributed by atoms with Crippen LogP contribution in [0.1, 0.15) is 28.2 Å². The molecule has 0 saturated carbocycles. The lowest BCUT2D eigenvalue weighted by Crippen LogP contribution is -2.64. The number of hydrogen-bond donors (Lipinski definition) is 0. The van der Waals surface area contributed by atoms with Crippen LogP contribution in [0.4, 0.5) is 9.18 Å². The zero-order chi connectivity index (χ0) is 21.8. The number of piperidine rings is 3. The van der Waals surface area contributed by atoms with Crippen LogP contribution in [-0.2, 0) is 17.7 Å². The highest BCUT2D eigenvalue weighted by Crippen LogP contribution is 2.35. The average Bonchev–Trinajstić information content (AvgIpc) is 3.17. The highest BCUT2D eigenvalue weighted by Gasteiger charge is 2.47. The molecular weight excluding hydrogens is 491 g/mol. The van der Waals surface area contributed by atoms with Gasteiger partial charge in [-0.2, -0.15) is 0 Å². The predicted octanol–water partition coefficient (Wildman–Crippen LogP) is 5.75. The minimum Gasteiger partial charge on any atom is -0.440 e. The number of halogens is 2. The van der Waals surface area contributed by atoms with Crippen molar-refractivity contribution in [2.24, 2.45) is 5.92 Å². The first-order valence-electron chi connectivity index (χ1n) is 11.2. The van der Waals surface area contributed by atoms with Gasteiger partial charge in [0.25, 0.3) is 0 Å². The predicted molar refractivity (Wildman–Crippen MR) is 133 cm³/mol. The molecule has 1 aromatic heterocycles. The molecule has 4 nitrogen and oxygen atoms in total. The third-order valence-corrected chi connectivity index (χ3v) is 7.78. The van der Waals surface area contributed by atoms with Crippen molar-refractivity contribution in [1.29, 1.82) is 0 Å². The molecule has 2 bridgehead atoms. The largest absolute Gasteiger partial charge is 0.440 e. The monoisotopic (exact) mass is 523 g/mol. The van der Waals surface area contributed by atoms with Gasteiger partial charge in [-0.3, -0.25) is 0 Å². The number of carbonyl (C=O) groups is 1. The van der Waals surface area contributed by atoms with Crippen LogP contribution >= 0.6 is 28.3 Å². The Hall–Kier alpha value is -1.70. The van der Waals surface area contributed by atoms with E-state index in [1.807, 2.05) is 11.0 Å². The summed E-state index contributed by atoms with van der Waals surface area (Å²) in [5, 5.41) is 0. The summed E-state index contributed by atoms with van der Waals surface area (Å²) in [4.78, 5) is 17.4. The normalized spacial score (nSPS) is 23.9. The Morgan fingerprint density at radius 3 is 2.59 bits per heavy atom. The number of nitrogens with zero attached hydrogens (tertiary/aromatic N) is 2. The summed E-state index contributed by atoms with van der Waals surface area (Å²) in [5.41, 5.74) is 1.01. The van der Waals surface area contributed by atoms with E-state index in [0.717, 1.165) is 53.9 Å². The van der Waals surface area contributed by atoms with Crippen LogP contribution in [0, 0.1) is 18.7 Å². The molecule has 3 aliphatic heterocycles. The summed E-state index contributed by atoms with van der Waals surface area (Å²) in [6.45, 7) is 11.3. The van der Waals surface area contributed by atoms with Crippen LogP contribution in [0.2, 0.25) is 0 Å². The van der Waals surface area contributed by atoms with E-state index in [1.165, 1.54) is 17.0 Å². The molecule has 0 aliphatic carbocycles. The maximum absolute atomic E-state index is 13.3. The maximum atomic E-state index is 13.3. The SMILES string of the molecule is Br.C=CC[N+]12CCC(CC1)[C@@H](OC(=O)N(CCc1ccc(F)cc1)Cc1ccc(C)s1)C2. The smallest absolute Gasteiger partial charge is 0.410 e. The van der Waals surface area contributed by atoms with Gasteiger partial charge in [-0.1, -0.05) is 18.7 Å². The van der Waals surface area contributed by atoms with E-state index in [4.69, 9.17) is 4.74 Å². The zero-order valence-corrected chi connectivity index (χ0v) is 21.2. The molecule has 2 aromatic rings. The van der Waals surface area contributed by atoms with E-state index in [0.29, 0.717) is 25.4 Å². The maximum Gasteiger partial charge on any atom is 0.410 e. The molecule has 174 valence electrons. The fourth-order valence-corrected chi connectivity index (χ4v) is 5.90. The van der Waals surface area contributed by atoms with Crippen molar-refractivity contribution in [3.8, 4) is 0 Å². The fourth-order valence-electron chi connectivity index (χ4n) is 5.00. The number of fused-ring (bicyclic) bond motifs is 3. The Bertz CT molecular complexity index is 909. The molecule has 32 heavy (non-hydrogen) atoms. The van der Waals surface area contributed by atoms with Gasteiger partial charge in [0.1, 0.15) is 12.4 Å². The molecular formula is C25H33BrFN2O2S+. The highest BCUT2D eigenvalue weighted by atomic mass is 79.9. The van der Waals surface area contributed by atoms with Crippen molar-refractivity contribution in [1.82, 2.24) is 4.90 Å². The van der Waals surface area contributed by atoms with Crippen LogP contribution in [0.25, 0.3) is 0 Å². The van der Waals surface area contributed by atoms with Gasteiger partial charge in [-0.25, -0.2) is 9.18 Å². The third kappa shape index (κ3) is 6.00. The minimum absolute atomic E-state index is 0. The van der Waals surface area contributed by atoms with Crippen molar-refractivity contribution >= 4 is 34.4 Å². The van der Waals surface area contributed by atoms with Crippen molar-refractivity contribution in [2.75, 3.05) is 32.7 Å². The molecule has 0 N–H and O–H groups in total. The Morgan fingerprint density at radius 2 is 1.97 bits per heavy atom. The Balaban J connectivity index is 0.00000289. The second-order valence-electron chi connectivity index (χ2n) is 9.01. The van der Waals surface area contributed by atoms with Crippen LogP contribution in [0.3, 0.4) is 0 Å². The van der Waals surface area contributed by atoms with E-state index >= 15 is 0 Å². The lowest BCUT2D eigenvalue weighted by Gasteiger charge is -2.51. The van der Waals surface area contributed by atoms with Crippen LogP contribution in [0.15, 0.2) is 49.1 Å². The molecule has 1 aromatic carbocycles. The van der Waals surface area contributed by atoms with Crippen LogP contribution in [-0.4, -0.2) is 54.3 Å². The summed E-state index contributed by atoms with van der Waals surface area (Å²) in [7, 11) is 0. The number of thiophene rings is 1. The second-order valence-corrected chi connectivity index (χ2v) is 10.4. The summed E-state index contributed by atoms with van der Waals surface area (Å²) in [6.07, 6.45) is 4.65. The topological polar surface area (TPSA) is 29.5 Å². The number of aryl methyl sites for hydroxylation is 1. The van der Waals surface area contributed by atoms with E-state index in [-0.39, 0.29) is 35.0 Å². The van der Waals surface area contributed by atoms with Gasteiger partial charge < -0.3 is 14.1 Å². The second kappa shape index (κ2) is 10.9. The molecule has 1 atom stereocenters. The molecule has 3 saturated heterocycles. The number of hydrogen-bond acceptors (Lipinski definition) is 3. The standard InChI is InChI=1S/C25H32FN2O2S.BrH/c1-3-14-28-15-11-21(12-16-28)24(18-28)30-25(29)27(17-23-9-4-19(2)31-23)13-10-20-5-7-22(26)8-6-20;/h3-9,21,24H,1,10-18H2,2H3;1H/q+1;/t21?,24-,28?;/m0./s1. The highest BCUT2D eigenvalue weighted by molar-refractivity contribution is 8.93. The molecule has 4 heterocycles. The van der Waals surface area contributed by atoms with Gasteiger partial charge in [0.2, 0.25) is 0 Å². The average molecular weight is 525 g/mol. The van der Waals surface area contributed by atoms with Gasteiger partial charge in [0.15, 0.2) is 6.10 Å². The van der Waals surface area contributed by atoms with Crippen LogP contribution < -0.4 is 0 Å². The van der Waals surface area contributed by atoms with Gasteiger partial charge >= 0.3 is 6.09 Å². The van der Waals surface area contributed by atoms with Crippen molar-refractivity contribution < 1.29 is 18.4 Å². The van der Waals surface area contributed by atoms with Crippen LogP contribution in [0.5, 0.6) is 0 Å². The zero-order valence-electron chi connectivity index (χ0n) is 18.7. The Labute approximate surface area is 205 Å². The number of ether oxygens (including phenoxy) is 1. The molecule has 3 fully saturated rings. The van der Waals surface area contributed by atoms with Gasteiger partial charge in [0, 0.05) is 35.1 Å². The Morgan fingerprint density at radius 1 is 1.25 bits per heavy atom. The molecule has 5 rings (SSSR count). The quantitative estimate of drug-likeness (QED) is 0.325. The van der Waals surface area contributed by atoms with Gasteiger partial charge in [-0.15, -0.1) is 28.3 Å². The first-order valence-corrected chi connectivity index (χ1v) is 12.0. The molecule has 0 spiro atoms. The van der Waals surface area contributed by atoms with E-state index in [9.17, 15) is 9.18 Å². The van der Waals surface area contributed by atoms with E-state index < -0.39 is 0 Å². The molecule has 1 amide bonds. The number of rotatable bonds is 8. The molecule has 0 unspecified atom stereocenters. The number of benzene rings is 1. The molecule has 7 heteroatoms. The van der Waals surface area contributed by atoms with Crippen molar-refractivity contribution in [2.45, 2.75) is 38.8 Å². The number of carbonyl (C=O) groups excluding carboxylic acids is 1. The van der Waals surface area contributed by atoms with E-state index in [2.05, 4.69) is 25.6 Å². The number of quaternary nitrogens is 1. The fraction of sp³-hybridized carbons (Fsp3) is 0.480. The lowest BCUT2D eigenvalue weighted by atomic mass is 9.83. The van der Waals surface area contributed by atoms with Gasteiger partial charge in [-0.05, 0) is 49.2 Å². The summed E-state index contributed by atoms with van der Waals surface area (Å²) in [6, 6.07) is 10.7. The minimum atomic E-state index is -0.243. The lowest BCUT2D eigenvalue weighted by molar-refractivity contribution is -0.941. The summed E-state index contributed by atoms with van der Waals surface area (Å²) >= 11 is 1.71. The molecule has 3 aliphatic rings. The first kappa shape index (κ1) is 24.9. The summed E-state index contributed by atoms with van der Waals surface area (Å²) < 4.78 is 20.4. The molecule has 0 radical (unpaired) electrons.